The fourth-order valence-corrected chi connectivity index (χ4v) is 2.53. The largest absolute Gasteiger partial charge is 0.378 e. The minimum absolute atomic E-state index is 0.0686. The van der Waals surface area contributed by atoms with E-state index in [4.69, 9.17) is 4.74 Å². The van der Waals surface area contributed by atoms with Gasteiger partial charge in [0.05, 0.1) is 13.2 Å². The zero-order chi connectivity index (χ0) is 14.8. The van der Waals surface area contributed by atoms with E-state index in [1.807, 2.05) is 0 Å². The number of carbonyl (C=O) groups excluding carboxylic acids is 1. The van der Waals surface area contributed by atoms with E-state index in [0.717, 1.165) is 18.9 Å². The molecule has 1 aliphatic carbocycles. The van der Waals surface area contributed by atoms with Crippen molar-refractivity contribution in [2.45, 2.75) is 31.5 Å². The number of rotatable bonds is 4. The monoisotopic (exact) mass is 296 g/mol. The van der Waals surface area contributed by atoms with Crippen molar-refractivity contribution < 1.29 is 18.3 Å². The summed E-state index contributed by atoms with van der Waals surface area (Å²) < 4.78 is 32.0. The van der Waals surface area contributed by atoms with Gasteiger partial charge in [0.25, 0.3) is 0 Å². The van der Waals surface area contributed by atoms with E-state index in [2.05, 4.69) is 5.32 Å². The van der Waals surface area contributed by atoms with Gasteiger partial charge in [-0.15, -0.1) is 0 Å². The van der Waals surface area contributed by atoms with E-state index in [9.17, 15) is 13.6 Å². The zero-order valence-electron chi connectivity index (χ0n) is 11.6. The van der Waals surface area contributed by atoms with Gasteiger partial charge in [-0.25, -0.2) is 8.78 Å². The summed E-state index contributed by atoms with van der Waals surface area (Å²) in [5, 5.41) is 3.12. The lowest BCUT2D eigenvalue weighted by molar-refractivity contribution is -0.137. The average Bonchev–Trinajstić information content (AvgIpc) is 3.31. The van der Waals surface area contributed by atoms with E-state index >= 15 is 0 Å². The van der Waals surface area contributed by atoms with Crippen LogP contribution in [-0.4, -0.2) is 42.6 Å². The Morgan fingerprint density at radius 1 is 1.38 bits per heavy atom. The van der Waals surface area contributed by atoms with Crippen molar-refractivity contribution in [2.75, 3.05) is 19.8 Å². The highest BCUT2D eigenvalue weighted by atomic mass is 19.1. The SMILES string of the molecule is O=C(C1COCCN1)N(Cc1ccc(F)cc1F)C1CC1. The standard InChI is InChI=1S/C15H18F2N2O2/c16-11-2-1-10(13(17)7-11)8-19(12-3-4-12)15(20)14-9-21-6-5-18-14/h1-2,7,12,14,18H,3-6,8-9H2. The molecule has 1 unspecified atom stereocenters. The molecule has 0 radical (unpaired) electrons. The molecule has 0 bridgehead atoms. The highest BCUT2D eigenvalue weighted by Gasteiger charge is 2.36. The minimum atomic E-state index is -0.610. The molecular weight excluding hydrogens is 278 g/mol. The Kier molecular flexibility index (Phi) is 4.17. The molecule has 3 rings (SSSR count). The third kappa shape index (κ3) is 3.39. The van der Waals surface area contributed by atoms with Gasteiger partial charge in [0.1, 0.15) is 17.7 Å². The van der Waals surface area contributed by atoms with Crippen LogP contribution in [0.5, 0.6) is 0 Å². The van der Waals surface area contributed by atoms with Crippen LogP contribution in [0.15, 0.2) is 18.2 Å². The number of amides is 1. The Labute approximate surface area is 122 Å². The maximum Gasteiger partial charge on any atom is 0.242 e. The number of hydrogen-bond acceptors (Lipinski definition) is 3. The van der Waals surface area contributed by atoms with Gasteiger partial charge in [0, 0.05) is 30.8 Å². The number of benzene rings is 1. The van der Waals surface area contributed by atoms with Crippen molar-refractivity contribution >= 4 is 5.91 Å². The number of nitrogens with zero attached hydrogens (tertiary/aromatic N) is 1. The van der Waals surface area contributed by atoms with Gasteiger partial charge in [-0.2, -0.15) is 0 Å². The molecule has 1 saturated carbocycles. The number of nitrogens with one attached hydrogen (secondary N) is 1. The molecule has 114 valence electrons. The van der Waals surface area contributed by atoms with E-state index < -0.39 is 11.6 Å². The summed E-state index contributed by atoms with van der Waals surface area (Å²) in [6.07, 6.45) is 1.87. The number of hydrogen-bond donors (Lipinski definition) is 1. The fraction of sp³-hybridized carbons (Fsp3) is 0.533. The first-order valence-corrected chi connectivity index (χ1v) is 7.20. The quantitative estimate of drug-likeness (QED) is 0.914. The third-order valence-corrected chi connectivity index (χ3v) is 3.85. The topological polar surface area (TPSA) is 41.6 Å². The van der Waals surface area contributed by atoms with E-state index in [1.54, 1.807) is 4.90 Å². The average molecular weight is 296 g/mol. The predicted octanol–water partition coefficient (Wildman–Crippen LogP) is 1.44. The molecule has 2 fully saturated rings. The highest BCUT2D eigenvalue weighted by Crippen LogP contribution is 2.29. The lowest BCUT2D eigenvalue weighted by Crippen LogP contribution is -2.53. The molecule has 1 saturated heterocycles. The Morgan fingerprint density at radius 2 is 2.19 bits per heavy atom. The second-order valence-corrected chi connectivity index (χ2v) is 5.51. The third-order valence-electron chi connectivity index (χ3n) is 3.85. The smallest absolute Gasteiger partial charge is 0.242 e. The fourth-order valence-electron chi connectivity index (χ4n) is 2.53. The molecule has 6 heteroatoms. The summed E-state index contributed by atoms with van der Waals surface area (Å²) in [6.45, 7) is 1.75. The Balaban J connectivity index is 1.73. The Morgan fingerprint density at radius 3 is 2.81 bits per heavy atom. The van der Waals surface area contributed by atoms with Crippen molar-refractivity contribution in [3.8, 4) is 0 Å². The highest BCUT2D eigenvalue weighted by molar-refractivity contribution is 5.82. The van der Waals surface area contributed by atoms with Crippen LogP contribution in [-0.2, 0) is 16.1 Å². The molecule has 2 aliphatic rings. The van der Waals surface area contributed by atoms with Gasteiger partial charge in [-0.3, -0.25) is 4.79 Å². The molecule has 1 amide bonds. The molecule has 1 aliphatic heterocycles. The van der Waals surface area contributed by atoms with Crippen molar-refractivity contribution in [1.82, 2.24) is 10.2 Å². The normalized spacial score (nSPS) is 22.1. The van der Waals surface area contributed by atoms with Crippen molar-refractivity contribution in [2.24, 2.45) is 0 Å². The maximum absolute atomic E-state index is 13.8. The van der Waals surface area contributed by atoms with Gasteiger partial charge >= 0.3 is 0 Å². The number of carbonyl (C=O) groups is 1. The molecule has 0 aromatic heterocycles. The summed E-state index contributed by atoms with van der Waals surface area (Å²) >= 11 is 0. The molecule has 1 aromatic carbocycles. The summed E-state index contributed by atoms with van der Waals surface area (Å²) in [4.78, 5) is 14.2. The number of ether oxygens (including phenoxy) is 1. The number of morpholine rings is 1. The van der Waals surface area contributed by atoms with Crippen LogP contribution in [0.4, 0.5) is 8.78 Å². The Bertz CT molecular complexity index is 528. The van der Waals surface area contributed by atoms with Crippen LogP contribution < -0.4 is 5.32 Å². The van der Waals surface area contributed by atoms with Gasteiger partial charge < -0.3 is 15.0 Å². The molecule has 1 atom stereocenters. The minimum Gasteiger partial charge on any atom is -0.378 e. The van der Waals surface area contributed by atoms with Crippen LogP contribution >= 0.6 is 0 Å². The summed E-state index contributed by atoms with van der Waals surface area (Å²) in [5.74, 6) is -1.29. The number of halogens is 2. The second kappa shape index (κ2) is 6.07. The molecule has 1 N–H and O–H groups in total. The zero-order valence-corrected chi connectivity index (χ0v) is 11.6. The first kappa shape index (κ1) is 14.4. The van der Waals surface area contributed by atoms with Gasteiger partial charge in [-0.1, -0.05) is 6.07 Å². The van der Waals surface area contributed by atoms with Gasteiger partial charge in [-0.05, 0) is 18.9 Å². The molecule has 1 heterocycles. The van der Waals surface area contributed by atoms with Crippen LogP contribution in [0.3, 0.4) is 0 Å². The lowest BCUT2D eigenvalue weighted by atomic mass is 10.1. The van der Waals surface area contributed by atoms with E-state index in [-0.39, 0.29) is 24.5 Å². The molecule has 21 heavy (non-hydrogen) atoms. The summed E-state index contributed by atoms with van der Waals surface area (Å²) in [6, 6.07) is 3.26. The maximum atomic E-state index is 13.8. The summed E-state index contributed by atoms with van der Waals surface area (Å²) in [7, 11) is 0. The van der Waals surface area contributed by atoms with Crippen LogP contribution in [0.2, 0.25) is 0 Å². The second-order valence-electron chi connectivity index (χ2n) is 5.51. The van der Waals surface area contributed by atoms with Crippen molar-refractivity contribution in [1.29, 1.82) is 0 Å². The lowest BCUT2D eigenvalue weighted by Gasteiger charge is -2.30. The van der Waals surface area contributed by atoms with Crippen LogP contribution in [0.25, 0.3) is 0 Å². The molecule has 1 aromatic rings. The van der Waals surface area contributed by atoms with Gasteiger partial charge in [0.15, 0.2) is 0 Å². The predicted molar refractivity (Wildman–Crippen MR) is 72.5 cm³/mol. The van der Waals surface area contributed by atoms with Gasteiger partial charge in [0.2, 0.25) is 5.91 Å². The Hall–Kier alpha value is -1.53. The molecule has 4 nitrogen and oxygen atoms in total. The van der Waals surface area contributed by atoms with E-state index in [1.165, 1.54) is 12.1 Å². The first-order chi connectivity index (χ1) is 10.1. The van der Waals surface area contributed by atoms with E-state index in [0.29, 0.717) is 25.3 Å². The van der Waals surface area contributed by atoms with Crippen LogP contribution in [0.1, 0.15) is 18.4 Å². The molecule has 0 spiro atoms. The summed E-state index contributed by atoms with van der Waals surface area (Å²) in [5.41, 5.74) is 0.341. The van der Waals surface area contributed by atoms with Crippen molar-refractivity contribution in [3.05, 3.63) is 35.4 Å². The van der Waals surface area contributed by atoms with Crippen LogP contribution in [0, 0.1) is 11.6 Å². The van der Waals surface area contributed by atoms with Crippen molar-refractivity contribution in [3.63, 3.8) is 0 Å². The molecular formula is C15H18F2N2O2. The first-order valence-electron chi connectivity index (χ1n) is 7.20.